The quantitative estimate of drug-likeness (QED) is 0.827. The molecule has 6 nitrogen and oxygen atoms in total. The normalized spacial score (nSPS) is 11.4. The molecular formula is C11H15BrN2O4S. The number of amides is 1. The van der Waals surface area contributed by atoms with Crippen molar-refractivity contribution >= 4 is 31.9 Å². The van der Waals surface area contributed by atoms with Crippen LogP contribution in [0.25, 0.3) is 0 Å². The zero-order chi connectivity index (χ0) is 14.6. The molecule has 0 aromatic heterocycles. The summed E-state index contributed by atoms with van der Waals surface area (Å²) in [6.45, 7) is 3.35. The summed E-state index contributed by atoms with van der Waals surface area (Å²) in [4.78, 5) is 11.3. The van der Waals surface area contributed by atoms with Crippen LogP contribution in [0, 0.1) is 0 Å². The van der Waals surface area contributed by atoms with Crippen molar-refractivity contribution in [2.45, 2.75) is 24.8 Å². The van der Waals surface area contributed by atoms with Crippen LogP contribution in [-0.4, -0.2) is 27.0 Å². The standard InChI is InChI=1S/C11H15BrN2O4S/c1-7(2)14-11(15)6-18-9-4-3-8(12)5-10(9)19(13,16)17/h3-5,7H,6H2,1-2H3,(H,14,15)(H2,13,16,17). The van der Waals surface area contributed by atoms with Crippen LogP contribution < -0.4 is 15.2 Å². The smallest absolute Gasteiger partial charge is 0.258 e. The minimum Gasteiger partial charge on any atom is -0.482 e. The van der Waals surface area contributed by atoms with Crippen LogP contribution in [0.2, 0.25) is 0 Å². The molecule has 8 heteroatoms. The minimum absolute atomic E-state index is 0.0151. The van der Waals surface area contributed by atoms with E-state index in [1.807, 2.05) is 13.8 Å². The number of hydrogen-bond acceptors (Lipinski definition) is 4. The third-order valence-electron chi connectivity index (χ3n) is 2.02. The van der Waals surface area contributed by atoms with Crippen molar-refractivity contribution in [3.8, 4) is 5.75 Å². The van der Waals surface area contributed by atoms with Crippen LogP contribution in [0.1, 0.15) is 13.8 Å². The first-order valence-electron chi connectivity index (χ1n) is 5.44. The van der Waals surface area contributed by atoms with Crippen LogP contribution in [0.3, 0.4) is 0 Å². The van der Waals surface area contributed by atoms with Gasteiger partial charge in [-0.25, -0.2) is 13.6 Å². The highest BCUT2D eigenvalue weighted by atomic mass is 79.9. The van der Waals surface area contributed by atoms with E-state index < -0.39 is 10.0 Å². The van der Waals surface area contributed by atoms with E-state index in [0.29, 0.717) is 4.47 Å². The van der Waals surface area contributed by atoms with Crippen molar-refractivity contribution in [1.29, 1.82) is 0 Å². The topological polar surface area (TPSA) is 98.5 Å². The van der Waals surface area contributed by atoms with Gasteiger partial charge < -0.3 is 10.1 Å². The first-order chi connectivity index (χ1) is 8.70. The second-order valence-electron chi connectivity index (χ2n) is 4.15. The Morgan fingerprint density at radius 1 is 1.47 bits per heavy atom. The molecule has 0 bridgehead atoms. The molecule has 0 saturated heterocycles. The molecule has 3 N–H and O–H groups in total. The summed E-state index contributed by atoms with van der Waals surface area (Å²) in [5.41, 5.74) is 0. The molecule has 0 aliphatic rings. The van der Waals surface area contributed by atoms with E-state index in [-0.39, 0.29) is 29.2 Å². The van der Waals surface area contributed by atoms with Crippen LogP contribution in [0.5, 0.6) is 5.75 Å². The summed E-state index contributed by atoms with van der Waals surface area (Å²) in [6.07, 6.45) is 0. The lowest BCUT2D eigenvalue weighted by Crippen LogP contribution is -2.34. The van der Waals surface area contributed by atoms with E-state index in [1.165, 1.54) is 12.1 Å². The maximum atomic E-state index is 11.4. The molecule has 0 spiro atoms. The molecule has 19 heavy (non-hydrogen) atoms. The van der Waals surface area contributed by atoms with Gasteiger partial charge in [0.05, 0.1) is 0 Å². The van der Waals surface area contributed by atoms with Crippen LogP contribution >= 0.6 is 15.9 Å². The molecule has 106 valence electrons. The summed E-state index contributed by atoms with van der Waals surface area (Å²) in [5.74, 6) is -0.289. The molecule has 0 radical (unpaired) electrons. The Bertz CT molecular complexity index is 572. The molecule has 0 fully saturated rings. The van der Waals surface area contributed by atoms with Gasteiger partial charge in [-0.2, -0.15) is 0 Å². The van der Waals surface area contributed by atoms with Crippen molar-refractivity contribution < 1.29 is 17.9 Å². The lowest BCUT2D eigenvalue weighted by atomic mass is 10.3. The number of nitrogens with two attached hydrogens (primary N) is 1. The van der Waals surface area contributed by atoms with Gasteiger partial charge >= 0.3 is 0 Å². The molecule has 0 aliphatic heterocycles. The first kappa shape index (κ1) is 15.9. The number of carbonyl (C=O) groups is 1. The first-order valence-corrected chi connectivity index (χ1v) is 7.78. The van der Waals surface area contributed by atoms with Gasteiger partial charge in [-0.15, -0.1) is 0 Å². The Hall–Kier alpha value is -1.12. The molecule has 0 saturated carbocycles. The van der Waals surface area contributed by atoms with Crippen molar-refractivity contribution in [1.82, 2.24) is 5.32 Å². The summed E-state index contributed by atoms with van der Waals surface area (Å²) in [5, 5.41) is 7.71. The van der Waals surface area contributed by atoms with Gasteiger partial charge in [0.15, 0.2) is 6.61 Å². The molecule has 0 unspecified atom stereocenters. The maximum absolute atomic E-state index is 11.4. The van der Waals surface area contributed by atoms with E-state index in [9.17, 15) is 13.2 Å². The number of carbonyl (C=O) groups excluding carboxylic acids is 1. The Kier molecular flexibility index (Phi) is 5.33. The average Bonchev–Trinajstić information content (AvgIpc) is 2.25. The molecule has 1 rings (SSSR count). The van der Waals surface area contributed by atoms with E-state index in [4.69, 9.17) is 9.88 Å². The maximum Gasteiger partial charge on any atom is 0.258 e. The summed E-state index contributed by atoms with van der Waals surface area (Å²) in [6, 6.07) is 4.35. The molecule has 0 atom stereocenters. The highest BCUT2D eigenvalue weighted by Gasteiger charge is 2.16. The predicted octanol–water partition coefficient (Wildman–Crippen LogP) is 1.000. The fourth-order valence-electron chi connectivity index (χ4n) is 1.33. The fourth-order valence-corrected chi connectivity index (χ4v) is 2.54. The zero-order valence-corrected chi connectivity index (χ0v) is 12.9. The highest BCUT2D eigenvalue weighted by molar-refractivity contribution is 9.10. The average molecular weight is 351 g/mol. The monoisotopic (exact) mass is 350 g/mol. The van der Waals surface area contributed by atoms with Crippen molar-refractivity contribution in [3.05, 3.63) is 22.7 Å². The van der Waals surface area contributed by atoms with Crippen LogP contribution in [0.4, 0.5) is 0 Å². The number of sulfonamides is 1. The van der Waals surface area contributed by atoms with Crippen molar-refractivity contribution in [2.24, 2.45) is 5.14 Å². The van der Waals surface area contributed by atoms with Crippen LogP contribution in [0.15, 0.2) is 27.6 Å². The lowest BCUT2D eigenvalue weighted by molar-refractivity contribution is -0.123. The largest absolute Gasteiger partial charge is 0.482 e. The van der Waals surface area contributed by atoms with Crippen molar-refractivity contribution in [3.63, 3.8) is 0 Å². The second-order valence-corrected chi connectivity index (χ2v) is 6.59. The van der Waals surface area contributed by atoms with Gasteiger partial charge in [0, 0.05) is 10.5 Å². The van der Waals surface area contributed by atoms with Gasteiger partial charge in [0.1, 0.15) is 10.6 Å². The Labute approximate surface area is 120 Å². The predicted molar refractivity (Wildman–Crippen MR) is 74.3 cm³/mol. The lowest BCUT2D eigenvalue weighted by Gasteiger charge is -2.12. The molecule has 1 aromatic rings. The molecule has 0 aliphatic carbocycles. The van der Waals surface area contributed by atoms with E-state index >= 15 is 0 Å². The number of halogens is 1. The Morgan fingerprint density at radius 2 is 2.11 bits per heavy atom. The molecule has 0 heterocycles. The summed E-state index contributed by atoms with van der Waals surface area (Å²) >= 11 is 3.15. The van der Waals surface area contributed by atoms with Gasteiger partial charge in [0.25, 0.3) is 5.91 Å². The van der Waals surface area contributed by atoms with Gasteiger partial charge in [-0.1, -0.05) is 15.9 Å². The third kappa shape index (κ3) is 5.17. The summed E-state index contributed by atoms with van der Waals surface area (Å²) < 4.78 is 28.6. The van der Waals surface area contributed by atoms with E-state index in [0.717, 1.165) is 0 Å². The summed E-state index contributed by atoms with van der Waals surface area (Å²) in [7, 11) is -3.91. The van der Waals surface area contributed by atoms with Gasteiger partial charge in [-0.05, 0) is 32.0 Å². The number of ether oxygens (including phenoxy) is 1. The number of nitrogens with one attached hydrogen (secondary N) is 1. The van der Waals surface area contributed by atoms with Crippen LogP contribution in [-0.2, 0) is 14.8 Å². The Balaban J connectivity index is 2.88. The second kappa shape index (κ2) is 6.36. The van der Waals surface area contributed by atoms with E-state index in [1.54, 1.807) is 6.07 Å². The van der Waals surface area contributed by atoms with Crippen molar-refractivity contribution in [2.75, 3.05) is 6.61 Å². The van der Waals surface area contributed by atoms with Gasteiger partial charge in [0.2, 0.25) is 10.0 Å². The minimum atomic E-state index is -3.91. The number of benzene rings is 1. The Morgan fingerprint density at radius 3 is 2.63 bits per heavy atom. The highest BCUT2D eigenvalue weighted by Crippen LogP contribution is 2.26. The van der Waals surface area contributed by atoms with Gasteiger partial charge in [-0.3, -0.25) is 4.79 Å². The third-order valence-corrected chi connectivity index (χ3v) is 3.45. The molecular weight excluding hydrogens is 336 g/mol. The number of rotatable bonds is 5. The SMILES string of the molecule is CC(C)NC(=O)COc1ccc(Br)cc1S(N)(=O)=O. The number of primary sulfonamides is 1. The molecule has 1 amide bonds. The fraction of sp³-hybridized carbons (Fsp3) is 0.364. The number of hydrogen-bond donors (Lipinski definition) is 2. The van der Waals surface area contributed by atoms with E-state index in [2.05, 4.69) is 21.2 Å². The molecule has 1 aromatic carbocycles. The zero-order valence-electron chi connectivity index (χ0n) is 10.5.